The second-order valence-electron chi connectivity index (χ2n) is 10.8. The van der Waals surface area contributed by atoms with Crippen molar-refractivity contribution in [3.05, 3.63) is 66.6 Å². The second-order valence-corrected chi connectivity index (χ2v) is 10.8. The highest BCUT2D eigenvalue weighted by atomic mass is 16.5. The number of H-pyrrole nitrogens is 1. The van der Waals surface area contributed by atoms with Crippen LogP contribution in [0, 0.1) is 0 Å². The molecule has 0 unspecified atom stereocenters. The number of nitrogens with zero attached hydrogens (tertiary/aromatic N) is 3. The maximum atomic E-state index is 12.8. The minimum Gasteiger partial charge on any atom is -0.490 e. The van der Waals surface area contributed by atoms with Crippen molar-refractivity contribution < 1.29 is 9.53 Å². The number of amides is 1. The van der Waals surface area contributed by atoms with Gasteiger partial charge < -0.3 is 20.4 Å². The molecular formula is C31H32N6O2. The summed E-state index contributed by atoms with van der Waals surface area (Å²) in [5.41, 5.74) is 6.55. The number of rotatable bonds is 7. The van der Waals surface area contributed by atoms with E-state index in [2.05, 4.69) is 38.9 Å². The van der Waals surface area contributed by atoms with Crippen molar-refractivity contribution in [1.82, 2.24) is 30.4 Å². The molecule has 1 aliphatic heterocycles. The van der Waals surface area contributed by atoms with Gasteiger partial charge in [-0.2, -0.15) is 5.10 Å². The number of benzene rings is 2. The molecule has 8 nitrogen and oxygen atoms in total. The monoisotopic (exact) mass is 520 g/mol. The minimum atomic E-state index is -0.0429. The lowest BCUT2D eigenvalue weighted by atomic mass is 9.94. The standard InChI is InChI=1S/C31H32N6O2/c1-37-18-21(15-35-37)26-14-24-27(17-33-26)36-25-11-12-28(39-23-5-2-6-23)29(30(24)25)19-7-9-20(10-8-19)31(38)34-16-22-4-3-13-32-22/h7-12,14-15,17-18,22-23,32,36H,2-6,13,16H2,1H3,(H,34,38)/t22-/m0/s1. The number of hydrogen-bond donors (Lipinski definition) is 3. The van der Waals surface area contributed by atoms with Gasteiger partial charge in [0.1, 0.15) is 5.75 Å². The van der Waals surface area contributed by atoms with Crippen molar-refractivity contribution >= 4 is 27.7 Å². The highest BCUT2D eigenvalue weighted by molar-refractivity contribution is 6.16. The molecule has 39 heavy (non-hydrogen) atoms. The SMILES string of the molecule is Cn1cc(-c2cc3c(cn2)[nH]c2ccc(OC4CCC4)c(-c4ccc(C(=O)NC[C@@H]5CCCN5)cc4)c23)cn1. The Kier molecular flexibility index (Phi) is 6.04. The molecule has 1 saturated heterocycles. The van der Waals surface area contributed by atoms with Crippen LogP contribution in [0.25, 0.3) is 44.2 Å². The molecule has 8 heteroatoms. The van der Waals surface area contributed by atoms with Gasteiger partial charge in [-0.1, -0.05) is 12.1 Å². The second kappa shape index (κ2) is 9.85. The van der Waals surface area contributed by atoms with Gasteiger partial charge in [-0.3, -0.25) is 14.5 Å². The van der Waals surface area contributed by atoms with E-state index in [0.29, 0.717) is 18.2 Å². The average molecular weight is 521 g/mol. The van der Waals surface area contributed by atoms with Gasteiger partial charge in [0, 0.05) is 58.8 Å². The van der Waals surface area contributed by atoms with Crippen molar-refractivity contribution in [3.8, 4) is 28.1 Å². The quantitative estimate of drug-likeness (QED) is 0.274. The van der Waals surface area contributed by atoms with Crippen LogP contribution in [-0.4, -0.2) is 50.9 Å². The Labute approximate surface area is 226 Å². The summed E-state index contributed by atoms with van der Waals surface area (Å²) in [4.78, 5) is 21.1. The van der Waals surface area contributed by atoms with E-state index in [1.807, 2.05) is 49.9 Å². The maximum Gasteiger partial charge on any atom is 0.251 e. The first-order valence-electron chi connectivity index (χ1n) is 13.8. The van der Waals surface area contributed by atoms with Crippen LogP contribution in [0.4, 0.5) is 0 Å². The van der Waals surface area contributed by atoms with Crippen LogP contribution in [0.15, 0.2) is 61.1 Å². The number of aryl methyl sites for hydroxylation is 1. The first-order valence-corrected chi connectivity index (χ1v) is 13.8. The molecule has 2 aromatic carbocycles. The van der Waals surface area contributed by atoms with E-state index in [9.17, 15) is 4.79 Å². The summed E-state index contributed by atoms with van der Waals surface area (Å²) in [5, 5.41) is 13.0. The number of carbonyl (C=O) groups is 1. The van der Waals surface area contributed by atoms with Crippen LogP contribution in [0.2, 0.25) is 0 Å². The molecule has 1 saturated carbocycles. The molecule has 0 bridgehead atoms. The van der Waals surface area contributed by atoms with E-state index in [-0.39, 0.29) is 12.0 Å². The van der Waals surface area contributed by atoms with E-state index in [1.165, 1.54) is 12.8 Å². The lowest BCUT2D eigenvalue weighted by Gasteiger charge is -2.28. The largest absolute Gasteiger partial charge is 0.490 e. The van der Waals surface area contributed by atoms with Crippen LogP contribution in [0.1, 0.15) is 42.5 Å². The molecule has 5 aromatic rings. The molecule has 3 aromatic heterocycles. The Bertz CT molecular complexity index is 1660. The lowest BCUT2D eigenvalue weighted by molar-refractivity contribution is 0.0950. The molecule has 0 radical (unpaired) electrons. The zero-order chi connectivity index (χ0) is 26.3. The van der Waals surface area contributed by atoms with Crippen molar-refractivity contribution in [3.63, 3.8) is 0 Å². The van der Waals surface area contributed by atoms with E-state index in [4.69, 9.17) is 9.72 Å². The Morgan fingerprint density at radius 1 is 1.05 bits per heavy atom. The highest BCUT2D eigenvalue weighted by Gasteiger charge is 2.23. The number of nitrogens with one attached hydrogen (secondary N) is 3. The Hall–Kier alpha value is -4.17. The van der Waals surface area contributed by atoms with Gasteiger partial charge in [0.15, 0.2) is 0 Å². The molecule has 0 spiro atoms. The van der Waals surface area contributed by atoms with Gasteiger partial charge in [0.2, 0.25) is 0 Å². The third-order valence-electron chi connectivity index (χ3n) is 8.06. The Balaban J connectivity index is 1.30. The molecule has 1 amide bonds. The molecule has 7 rings (SSSR count). The number of pyridine rings is 1. The number of aromatic nitrogens is 4. The fourth-order valence-electron chi connectivity index (χ4n) is 5.68. The third-order valence-corrected chi connectivity index (χ3v) is 8.06. The molecule has 3 N–H and O–H groups in total. The zero-order valence-corrected chi connectivity index (χ0v) is 22.0. The van der Waals surface area contributed by atoms with Gasteiger partial charge in [-0.15, -0.1) is 0 Å². The van der Waals surface area contributed by atoms with Crippen LogP contribution in [0.3, 0.4) is 0 Å². The maximum absolute atomic E-state index is 12.8. The predicted octanol–water partition coefficient (Wildman–Crippen LogP) is 5.20. The molecule has 1 atom stereocenters. The fourth-order valence-corrected chi connectivity index (χ4v) is 5.68. The molecule has 1 aliphatic carbocycles. The van der Waals surface area contributed by atoms with Gasteiger partial charge in [0.05, 0.1) is 29.7 Å². The van der Waals surface area contributed by atoms with Crippen LogP contribution < -0.4 is 15.4 Å². The summed E-state index contributed by atoms with van der Waals surface area (Å²) in [6.45, 7) is 1.68. The lowest BCUT2D eigenvalue weighted by Crippen LogP contribution is -2.37. The first-order chi connectivity index (χ1) is 19.1. The average Bonchev–Trinajstić information content (AvgIpc) is 3.69. The summed E-state index contributed by atoms with van der Waals surface area (Å²) < 4.78 is 8.31. The van der Waals surface area contributed by atoms with Gasteiger partial charge >= 0.3 is 0 Å². The third kappa shape index (κ3) is 4.55. The zero-order valence-electron chi connectivity index (χ0n) is 22.0. The minimum absolute atomic E-state index is 0.0429. The van der Waals surface area contributed by atoms with Crippen molar-refractivity contribution in [2.75, 3.05) is 13.1 Å². The molecule has 2 fully saturated rings. The topological polar surface area (TPSA) is 96.9 Å². The Morgan fingerprint density at radius 2 is 1.92 bits per heavy atom. The van der Waals surface area contributed by atoms with Crippen LogP contribution in [-0.2, 0) is 7.05 Å². The number of hydrogen-bond acceptors (Lipinski definition) is 5. The molecular weight excluding hydrogens is 488 g/mol. The van der Waals surface area contributed by atoms with Crippen molar-refractivity contribution in [1.29, 1.82) is 0 Å². The fraction of sp³-hybridized carbons (Fsp3) is 0.323. The number of fused-ring (bicyclic) bond motifs is 3. The van der Waals surface area contributed by atoms with E-state index >= 15 is 0 Å². The summed E-state index contributed by atoms with van der Waals surface area (Å²) in [6, 6.07) is 14.5. The molecule has 198 valence electrons. The number of ether oxygens (including phenoxy) is 1. The van der Waals surface area contributed by atoms with Crippen molar-refractivity contribution in [2.45, 2.75) is 44.2 Å². The normalized spacial score (nSPS) is 17.5. The van der Waals surface area contributed by atoms with E-state index in [1.54, 1.807) is 4.68 Å². The van der Waals surface area contributed by atoms with E-state index in [0.717, 1.165) is 75.7 Å². The summed E-state index contributed by atoms with van der Waals surface area (Å²) >= 11 is 0. The molecule has 2 aliphatic rings. The smallest absolute Gasteiger partial charge is 0.251 e. The van der Waals surface area contributed by atoms with Crippen LogP contribution in [0.5, 0.6) is 5.75 Å². The van der Waals surface area contributed by atoms with Gasteiger partial charge in [0.25, 0.3) is 5.91 Å². The summed E-state index contributed by atoms with van der Waals surface area (Å²) in [5.74, 6) is 0.830. The van der Waals surface area contributed by atoms with Gasteiger partial charge in [-0.05, 0) is 74.5 Å². The van der Waals surface area contributed by atoms with E-state index < -0.39 is 0 Å². The Morgan fingerprint density at radius 3 is 2.64 bits per heavy atom. The number of aromatic amines is 1. The summed E-state index contributed by atoms with van der Waals surface area (Å²) in [6.07, 6.45) is 11.6. The highest BCUT2D eigenvalue weighted by Crippen LogP contribution is 2.43. The predicted molar refractivity (Wildman–Crippen MR) is 153 cm³/mol. The first kappa shape index (κ1) is 23.9. The van der Waals surface area contributed by atoms with Crippen molar-refractivity contribution in [2.24, 2.45) is 7.05 Å². The summed E-state index contributed by atoms with van der Waals surface area (Å²) in [7, 11) is 1.91. The number of carbonyl (C=O) groups excluding carboxylic acids is 1. The van der Waals surface area contributed by atoms with Crippen LogP contribution >= 0.6 is 0 Å². The van der Waals surface area contributed by atoms with Gasteiger partial charge in [-0.25, -0.2) is 0 Å². The molecule has 4 heterocycles.